The molecule has 1 aliphatic rings. The maximum atomic E-state index is 11.5. The topological polar surface area (TPSA) is 67.8 Å². The van der Waals surface area contributed by atoms with Crippen LogP contribution in [-0.2, 0) is 9.84 Å². The number of imidazole rings is 1. The minimum absolute atomic E-state index is 0.0125. The third-order valence-corrected chi connectivity index (χ3v) is 4.65. The molecule has 1 N–H and O–H groups in total. The minimum atomic E-state index is -3.13. The van der Waals surface area contributed by atoms with Crippen molar-refractivity contribution in [1.82, 2.24) is 14.5 Å². The van der Waals surface area contributed by atoms with Gasteiger partial charge in [0.15, 0.2) is 20.3 Å². The monoisotopic (exact) mass is 301 g/mol. The summed E-state index contributed by atoms with van der Waals surface area (Å²) in [5.41, 5.74) is 1.31. The van der Waals surface area contributed by atoms with E-state index < -0.39 is 9.84 Å². The lowest BCUT2D eigenvalue weighted by atomic mass is 10.3. The van der Waals surface area contributed by atoms with Crippen LogP contribution < -0.4 is 0 Å². The first-order valence-electron chi connectivity index (χ1n) is 5.13. The standard InChI is InChI=1S/C10H8ClN3O2S2/c11-6-3-8-9(12-4-6)14(10(17)13-8)7-1-2-18(15,16)5-7/h1-4,7H,5H2,(H,13,17). The molecule has 0 aliphatic carbocycles. The number of hydrogen-bond donors (Lipinski definition) is 1. The van der Waals surface area contributed by atoms with Crippen molar-refractivity contribution in [3.63, 3.8) is 0 Å². The van der Waals surface area contributed by atoms with Gasteiger partial charge in [-0.05, 0) is 24.4 Å². The highest BCUT2D eigenvalue weighted by atomic mass is 35.5. The zero-order valence-electron chi connectivity index (χ0n) is 9.00. The lowest BCUT2D eigenvalue weighted by molar-refractivity contribution is 0.593. The molecule has 0 saturated carbocycles. The molecule has 0 spiro atoms. The predicted molar refractivity (Wildman–Crippen MR) is 71.9 cm³/mol. The zero-order valence-corrected chi connectivity index (χ0v) is 11.4. The van der Waals surface area contributed by atoms with Gasteiger partial charge >= 0.3 is 0 Å². The van der Waals surface area contributed by atoms with Crippen molar-refractivity contribution in [2.45, 2.75) is 6.04 Å². The predicted octanol–water partition coefficient (Wildman–Crippen LogP) is 2.23. The average Bonchev–Trinajstić information content (AvgIpc) is 2.77. The number of nitrogens with zero attached hydrogens (tertiary/aromatic N) is 2. The number of halogens is 1. The number of aromatic amines is 1. The normalized spacial score (nSPS) is 21.7. The van der Waals surface area contributed by atoms with Gasteiger partial charge < -0.3 is 4.98 Å². The van der Waals surface area contributed by atoms with Crippen molar-refractivity contribution in [2.75, 3.05) is 5.75 Å². The number of rotatable bonds is 1. The Bertz CT molecular complexity index is 819. The van der Waals surface area contributed by atoms with Crippen LogP contribution in [0.2, 0.25) is 5.02 Å². The molecule has 3 rings (SSSR count). The summed E-state index contributed by atoms with van der Waals surface area (Å²) < 4.78 is 25.0. The molecule has 0 saturated heterocycles. The summed E-state index contributed by atoms with van der Waals surface area (Å²) in [7, 11) is -3.13. The molecule has 1 unspecified atom stereocenters. The van der Waals surface area contributed by atoms with Gasteiger partial charge in [-0.2, -0.15) is 0 Å². The van der Waals surface area contributed by atoms with Gasteiger partial charge in [0, 0.05) is 11.6 Å². The smallest absolute Gasteiger partial charge is 0.179 e. The number of hydrogen-bond acceptors (Lipinski definition) is 4. The van der Waals surface area contributed by atoms with Gasteiger partial charge in [0.2, 0.25) is 0 Å². The Balaban J connectivity index is 2.22. The molecule has 5 nitrogen and oxygen atoms in total. The van der Waals surface area contributed by atoms with Gasteiger partial charge in [-0.25, -0.2) is 13.4 Å². The molecule has 3 heterocycles. The molecule has 0 radical (unpaired) electrons. The molecular weight excluding hydrogens is 294 g/mol. The third-order valence-electron chi connectivity index (χ3n) is 2.76. The van der Waals surface area contributed by atoms with Crippen molar-refractivity contribution in [2.24, 2.45) is 0 Å². The average molecular weight is 302 g/mol. The number of H-pyrrole nitrogens is 1. The van der Waals surface area contributed by atoms with E-state index in [2.05, 4.69) is 9.97 Å². The summed E-state index contributed by atoms with van der Waals surface area (Å²) in [6.45, 7) is 0. The van der Waals surface area contributed by atoms with E-state index in [0.717, 1.165) is 0 Å². The molecule has 1 atom stereocenters. The highest BCUT2D eigenvalue weighted by molar-refractivity contribution is 7.94. The molecule has 8 heteroatoms. The van der Waals surface area contributed by atoms with Crippen LogP contribution >= 0.6 is 23.8 Å². The number of fused-ring (bicyclic) bond motifs is 1. The van der Waals surface area contributed by atoms with Crippen molar-refractivity contribution in [3.05, 3.63) is 33.5 Å². The van der Waals surface area contributed by atoms with Gasteiger partial charge in [0.25, 0.3) is 0 Å². The highest BCUT2D eigenvalue weighted by Crippen LogP contribution is 2.25. The number of sulfone groups is 1. The first-order chi connectivity index (χ1) is 8.46. The molecule has 2 aromatic heterocycles. The maximum absolute atomic E-state index is 11.5. The maximum Gasteiger partial charge on any atom is 0.179 e. The lowest BCUT2D eigenvalue weighted by Crippen LogP contribution is -2.12. The van der Waals surface area contributed by atoms with E-state index in [1.165, 1.54) is 11.6 Å². The molecule has 0 amide bonds. The van der Waals surface area contributed by atoms with Crippen LogP contribution in [0.1, 0.15) is 6.04 Å². The summed E-state index contributed by atoms with van der Waals surface area (Å²) in [6, 6.07) is 1.40. The van der Waals surface area contributed by atoms with E-state index in [9.17, 15) is 8.42 Å². The molecule has 0 bridgehead atoms. The van der Waals surface area contributed by atoms with E-state index in [-0.39, 0.29) is 11.8 Å². The van der Waals surface area contributed by atoms with Crippen LogP contribution in [0.25, 0.3) is 11.2 Å². The van der Waals surface area contributed by atoms with Crippen LogP contribution in [0.3, 0.4) is 0 Å². The first-order valence-corrected chi connectivity index (χ1v) is 7.63. The first kappa shape index (κ1) is 11.9. The molecule has 0 aromatic carbocycles. The van der Waals surface area contributed by atoms with Gasteiger partial charge in [0.1, 0.15) is 0 Å². The van der Waals surface area contributed by atoms with Crippen LogP contribution in [0.15, 0.2) is 23.7 Å². The Kier molecular flexibility index (Phi) is 2.58. The summed E-state index contributed by atoms with van der Waals surface area (Å²) in [4.78, 5) is 7.17. The number of pyridine rings is 1. The van der Waals surface area contributed by atoms with Crippen LogP contribution in [0.5, 0.6) is 0 Å². The molecular formula is C10H8ClN3O2S2. The van der Waals surface area contributed by atoms with E-state index in [0.29, 0.717) is 21.0 Å². The summed E-state index contributed by atoms with van der Waals surface area (Å²) in [6.07, 6.45) is 3.13. The van der Waals surface area contributed by atoms with Crippen molar-refractivity contribution >= 4 is 44.8 Å². The van der Waals surface area contributed by atoms with Crippen LogP contribution in [0.4, 0.5) is 0 Å². The summed E-state index contributed by atoms with van der Waals surface area (Å²) in [5, 5.41) is 1.72. The van der Waals surface area contributed by atoms with Gasteiger partial charge in [-0.1, -0.05) is 11.6 Å². The van der Waals surface area contributed by atoms with Crippen LogP contribution in [0, 0.1) is 4.77 Å². The van der Waals surface area contributed by atoms with Crippen molar-refractivity contribution < 1.29 is 8.42 Å². The quantitative estimate of drug-likeness (QED) is 0.820. The zero-order chi connectivity index (χ0) is 12.9. The second kappa shape index (κ2) is 3.91. The molecule has 0 fully saturated rings. The fourth-order valence-corrected chi connectivity index (χ4v) is 3.77. The number of allylic oxidation sites excluding steroid dienone is 1. The van der Waals surface area contributed by atoms with Gasteiger partial charge in [-0.15, -0.1) is 0 Å². The van der Waals surface area contributed by atoms with Crippen molar-refractivity contribution in [1.29, 1.82) is 0 Å². The van der Waals surface area contributed by atoms with Crippen LogP contribution in [-0.4, -0.2) is 28.7 Å². The Morgan fingerprint density at radius 2 is 2.33 bits per heavy atom. The Morgan fingerprint density at radius 1 is 1.56 bits per heavy atom. The van der Waals surface area contributed by atoms with E-state index in [1.807, 2.05) is 0 Å². The summed E-state index contributed by atoms with van der Waals surface area (Å²) in [5.74, 6) is 0.0125. The van der Waals surface area contributed by atoms with E-state index >= 15 is 0 Å². The Morgan fingerprint density at radius 3 is 3.00 bits per heavy atom. The second-order valence-electron chi connectivity index (χ2n) is 4.05. The fourth-order valence-electron chi connectivity index (χ4n) is 2.02. The second-order valence-corrected chi connectivity index (χ2v) is 6.80. The molecule has 2 aromatic rings. The fraction of sp³-hybridized carbons (Fsp3) is 0.200. The van der Waals surface area contributed by atoms with E-state index in [4.69, 9.17) is 23.8 Å². The minimum Gasteiger partial charge on any atom is -0.329 e. The van der Waals surface area contributed by atoms with Crippen molar-refractivity contribution in [3.8, 4) is 0 Å². The number of nitrogens with one attached hydrogen (secondary N) is 1. The molecule has 18 heavy (non-hydrogen) atoms. The molecule has 94 valence electrons. The van der Waals surface area contributed by atoms with E-state index in [1.54, 1.807) is 16.7 Å². The summed E-state index contributed by atoms with van der Waals surface area (Å²) >= 11 is 11.1. The number of aromatic nitrogens is 3. The van der Waals surface area contributed by atoms with Gasteiger partial charge in [-0.3, -0.25) is 4.57 Å². The SMILES string of the molecule is O=S1(=O)C=CC(n2c(=S)[nH]c3cc(Cl)cnc32)C1. The van der Waals surface area contributed by atoms with Gasteiger partial charge in [0.05, 0.1) is 22.3 Å². The Labute approximate surface area is 113 Å². The Hall–Kier alpha value is -1.18. The third kappa shape index (κ3) is 1.88. The largest absolute Gasteiger partial charge is 0.329 e. The highest BCUT2D eigenvalue weighted by Gasteiger charge is 2.25. The lowest BCUT2D eigenvalue weighted by Gasteiger charge is -2.09. The molecule has 1 aliphatic heterocycles.